The van der Waals surface area contributed by atoms with Crippen LogP contribution in [0.1, 0.15) is 26.2 Å². The number of H-pyrrole nitrogens is 1. The molecule has 0 saturated carbocycles. The van der Waals surface area contributed by atoms with E-state index in [1.807, 2.05) is 6.20 Å². The predicted molar refractivity (Wildman–Crippen MR) is 77.6 cm³/mol. The fraction of sp³-hybridized carbons (Fsp3) is 0.533. The van der Waals surface area contributed by atoms with Crippen LogP contribution in [0.25, 0.3) is 11.0 Å². The maximum atomic E-state index is 5.88. The zero-order valence-electron chi connectivity index (χ0n) is 11.4. The van der Waals surface area contributed by atoms with Gasteiger partial charge >= 0.3 is 0 Å². The maximum Gasteiger partial charge on any atom is 0.139 e. The van der Waals surface area contributed by atoms with Crippen LogP contribution in [0, 0.1) is 0 Å². The van der Waals surface area contributed by atoms with E-state index < -0.39 is 0 Å². The van der Waals surface area contributed by atoms with Crippen LogP contribution in [0.5, 0.6) is 0 Å². The summed E-state index contributed by atoms with van der Waals surface area (Å²) in [5.41, 5.74) is 0.967. The van der Waals surface area contributed by atoms with Crippen molar-refractivity contribution in [1.29, 1.82) is 0 Å². The highest BCUT2D eigenvalue weighted by Crippen LogP contribution is 2.22. The second-order valence-electron chi connectivity index (χ2n) is 5.17. The van der Waals surface area contributed by atoms with Gasteiger partial charge in [-0.3, -0.25) is 0 Å². The summed E-state index contributed by atoms with van der Waals surface area (Å²) in [7, 11) is 0. The lowest BCUT2D eigenvalue weighted by atomic mass is 10.1. The number of hydrogen-bond acceptors (Lipinski definition) is 3. The molecule has 4 heteroatoms. The third-order valence-electron chi connectivity index (χ3n) is 3.65. The number of pyridine rings is 1. The van der Waals surface area contributed by atoms with Gasteiger partial charge in [-0.1, -0.05) is 6.92 Å². The zero-order valence-corrected chi connectivity index (χ0v) is 11.4. The molecule has 19 heavy (non-hydrogen) atoms. The van der Waals surface area contributed by atoms with Gasteiger partial charge in [0.05, 0.1) is 6.10 Å². The Bertz CT molecular complexity index is 537. The van der Waals surface area contributed by atoms with Gasteiger partial charge in [0.1, 0.15) is 11.5 Å². The minimum absolute atomic E-state index is 0.356. The number of piperidine rings is 1. The third-order valence-corrected chi connectivity index (χ3v) is 3.65. The number of nitrogens with zero attached hydrogens (tertiary/aromatic N) is 2. The molecule has 0 unspecified atom stereocenters. The zero-order chi connectivity index (χ0) is 13.1. The first kappa shape index (κ1) is 12.5. The molecule has 0 bridgehead atoms. The van der Waals surface area contributed by atoms with E-state index >= 15 is 0 Å². The number of anilines is 1. The van der Waals surface area contributed by atoms with Crippen LogP contribution in [0.4, 0.5) is 5.82 Å². The van der Waals surface area contributed by atoms with E-state index in [9.17, 15) is 0 Å². The fourth-order valence-corrected chi connectivity index (χ4v) is 2.66. The van der Waals surface area contributed by atoms with E-state index in [0.29, 0.717) is 6.10 Å². The molecule has 1 atom stereocenters. The molecule has 1 aliphatic rings. The molecular formula is C15H21N3O. The van der Waals surface area contributed by atoms with Crippen molar-refractivity contribution in [3.8, 4) is 0 Å². The molecule has 1 fully saturated rings. The average molecular weight is 259 g/mol. The Kier molecular flexibility index (Phi) is 3.69. The first-order valence-corrected chi connectivity index (χ1v) is 7.17. The van der Waals surface area contributed by atoms with Gasteiger partial charge in [0, 0.05) is 31.3 Å². The average Bonchev–Trinajstić information content (AvgIpc) is 2.92. The Morgan fingerprint density at radius 2 is 2.37 bits per heavy atom. The lowest BCUT2D eigenvalue weighted by Gasteiger charge is -2.33. The van der Waals surface area contributed by atoms with Crippen LogP contribution >= 0.6 is 0 Å². The minimum atomic E-state index is 0.356. The maximum absolute atomic E-state index is 5.88. The van der Waals surface area contributed by atoms with Crippen LogP contribution in [0.3, 0.4) is 0 Å². The van der Waals surface area contributed by atoms with Crippen molar-refractivity contribution < 1.29 is 4.74 Å². The highest BCUT2D eigenvalue weighted by Gasteiger charge is 2.21. The van der Waals surface area contributed by atoms with Crippen molar-refractivity contribution in [1.82, 2.24) is 9.97 Å². The lowest BCUT2D eigenvalue weighted by Crippen LogP contribution is -2.40. The molecule has 0 aliphatic carbocycles. The molecule has 3 heterocycles. The van der Waals surface area contributed by atoms with Gasteiger partial charge in [0.15, 0.2) is 0 Å². The quantitative estimate of drug-likeness (QED) is 0.917. The van der Waals surface area contributed by atoms with Crippen LogP contribution in [-0.4, -0.2) is 35.8 Å². The molecule has 2 aromatic heterocycles. The smallest absolute Gasteiger partial charge is 0.139 e. The summed E-state index contributed by atoms with van der Waals surface area (Å²) < 4.78 is 5.88. The minimum Gasteiger partial charge on any atom is -0.376 e. The van der Waals surface area contributed by atoms with Gasteiger partial charge in [0.25, 0.3) is 0 Å². The topological polar surface area (TPSA) is 41.1 Å². The molecule has 2 aromatic rings. The summed E-state index contributed by atoms with van der Waals surface area (Å²) >= 11 is 0. The van der Waals surface area contributed by atoms with E-state index in [-0.39, 0.29) is 0 Å². The SMILES string of the molecule is CCCO[C@@H]1CCCN(c2ccc3cc[nH]c3n2)C1. The Morgan fingerprint density at radius 1 is 1.42 bits per heavy atom. The molecule has 1 saturated heterocycles. The third kappa shape index (κ3) is 2.73. The van der Waals surface area contributed by atoms with E-state index in [4.69, 9.17) is 4.74 Å². The highest BCUT2D eigenvalue weighted by molar-refractivity contribution is 5.77. The van der Waals surface area contributed by atoms with Crippen molar-refractivity contribution in [2.24, 2.45) is 0 Å². The molecule has 0 amide bonds. The number of fused-ring (bicyclic) bond motifs is 1. The number of aromatic nitrogens is 2. The van der Waals surface area contributed by atoms with Gasteiger partial charge < -0.3 is 14.6 Å². The van der Waals surface area contributed by atoms with Crippen molar-refractivity contribution in [3.05, 3.63) is 24.4 Å². The van der Waals surface area contributed by atoms with E-state index in [0.717, 1.165) is 37.6 Å². The number of rotatable bonds is 4. The Balaban J connectivity index is 1.73. The second-order valence-corrected chi connectivity index (χ2v) is 5.17. The first-order chi connectivity index (χ1) is 9.36. The van der Waals surface area contributed by atoms with E-state index in [2.05, 4.69) is 40.0 Å². The van der Waals surface area contributed by atoms with Gasteiger partial charge in [-0.05, 0) is 37.5 Å². The normalized spacial score (nSPS) is 20.1. The molecule has 0 radical (unpaired) electrons. The Hall–Kier alpha value is -1.55. The molecule has 0 aromatic carbocycles. The first-order valence-electron chi connectivity index (χ1n) is 7.17. The summed E-state index contributed by atoms with van der Waals surface area (Å²) in [6.07, 6.45) is 5.73. The Labute approximate surface area is 113 Å². The highest BCUT2D eigenvalue weighted by atomic mass is 16.5. The summed E-state index contributed by atoms with van der Waals surface area (Å²) in [5.74, 6) is 1.06. The number of nitrogens with one attached hydrogen (secondary N) is 1. The molecule has 0 spiro atoms. The van der Waals surface area contributed by atoms with Crippen molar-refractivity contribution in [2.45, 2.75) is 32.3 Å². The van der Waals surface area contributed by atoms with Gasteiger partial charge in [-0.15, -0.1) is 0 Å². The van der Waals surface area contributed by atoms with E-state index in [1.165, 1.54) is 18.2 Å². The van der Waals surface area contributed by atoms with Crippen LogP contribution in [0.2, 0.25) is 0 Å². The summed E-state index contributed by atoms with van der Waals surface area (Å²) in [4.78, 5) is 10.2. The number of aromatic amines is 1. The molecule has 4 nitrogen and oxygen atoms in total. The van der Waals surface area contributed by atoms with Crippen LogP contribution in [-0.2, 0) is 4.74 Å². The van der Waals surface area contributed by atoms with Gasteiger partial charge in [-0.2, -0.15) is 0 Å². The van der Waals surface area contributed by atoms with Crippen molar-refractivity contribution in [2.75, 3.05) is 24.6 Å². The largest absolute Gasteiger partial charge is 0.376 e. The van der Waals surface area contributed by atoms with E-state index in [1.54, 1.807) is 0 Å². The van der Waals surface area contributed by atoms with Crippen LogP contribution in [0.15, 0.2) is 24.4 Å². The van der Waals surface area contributed by atoms with Gasteiger partial charge in [-0.25, -0.2) is 4.98 Å². The monoisotopic (exact) mass is 259 g/mol. The molecular weight excluding hydrogens is 238 g/mol. The fourth-order valence-electron chi connectivity index (χ4n) is 2.66. The molecule has 1 N–H and O–H groups in total. The summed E-state index contributed by atoms with van der Waals surface area (Å²) in [6, 6.07) is 6.29. The van der Waals surface area contributed by atoms with Crippen LogP contribution < -0.4 is 4.90 Å². The lowest BCUT2D eigenvalue weighted by molar-refractivity contribution is 0.0439. The van der Waals surface area contributed by atoms with Crippen molar-refractivity contribution in [3.63, 3.8) is 0 Å². The predicted octanol–water partition coefficient (Wildman–Crippen LogP) is 2.96. The second kappa shape index (κ2) is 5.61. The molecule has 3 rings (SSSR count). The Morgan fingerprint density at radius 3 is 3.26 bits per heavy atom. The molecule has 102 valence electrons. The summed E-state index contributed by atoms with van der Waals surface area (Å²) in [5, 5.41) is 1.17. The molecule has 1 aliphatic heterocycles. The van der Waals surface area contributed by atoms with Crippen molar-refractivity contribution >= 4 is 16.9 Å². The number of ether oxygens (including phenoxy) is 1. The number of hydrogen-bond donors (Lipinski definition) is 1. The summed E-state index contributed by atoms with van der Waals surface area (Å²) in [6.45, 7) is 5.05. The van der Waals surface area contributed by atoms with Gasteiger partial charge in [0.2, 0.25) is 0 Å². The standard InChI is InChI=1S/C15H21N3O/c1-2-10-19-13-4-3-9-18(11-13)14-6-5-12-7-8-16-15(12)17-14/h5-8,13H,2-4,9-11H2,1H3,(H,16,17)/t13-/m1/s1.